The van der Waals surface area contributed by atoms with Gasteiger partial charge in [-0.25, -0.2) is 9.97 Å². The van der Waals surface area contributed by atoms with Crippen molar-refractivity contribution in [3.63, 3.8) is 0 Å². The van der Waals surface area contributed by atoms with Gasteiger partial charge in [0.1, 0.15) is 23.6 Å². The second-order valence-corrected chi connectivity index (χ2v) is 3.61. The summed E-state index contributed by atoms with van der Waals surface area (Å²) in [6.45, 7) is 0. The van der Waals surface area contributed by atoms with Crippen molar-refractivity contribution in [1.82, 2.24) is 9.97 Å². The van der Waals surface area contributed by atoms with Gasteiger partial charge in [0.15, 0.2) is 0 Å². The van der Waals surface area contributed by atoms with Gasteiger partial charge in [-0.05, 0) is 24.3 Å². The van der Waals surface area contributed by atoms with Gasteiger partial charge < -0.3 is 14.8 Å². The zero-order chi connectivity index (χ0) is 14.6. The highest BCUT2D eigenvalue weighted by molar-refractivity contribution is 5.39. The first-order chi connectivity index (χ1) is 9.46. The summed E-state index contributed by atoms with van der Waals surface area (Å²) in [5.74, 6) is 0.851. The third kappa shape index (κ3) is 4.01. The minimum atomic E-state index is -4.71. The van der Waals surface area contributed by atoms with E-state index in [9.17, 15) is 13.2 Å². The molecule has 0 aliphatic rings. The van der Waals surface area contributed by atoms with Gasteiger partial charge in [0.2, 0.25) is 5.88 Å². The Morgan fingerprint density at radius 1 is 1.05 bits per heavy atom. The summed E-state index contributed by atoms with van der Waals surface area (Å²) in [7, 11) is 1.69. The van der Waals surface area contributed by atoms with E-state index in [4.69, 9.17) is 4.74 Å². The molecule has 1 heterocycles. The van der Waals surface area contributed by atoms with Crippen molar-refractivity contribution >= 4 is 5.82 Å². The predicted octanol–water partition coefficient (Wildman–Crippen LogP) is 3.21. The lowest BCUT2D eigenvalue weighted by atomic mass is 10.3. The van der Waals surface area contributed by atoms with Crippen molar-refractivity contribution in [2.75, 3.05) is 12.4 Å². The minimum absolute atomic E-state index is 0.272. The van der Waals surface area contributed by atoms with Crippen LogP contribution in [0.15, 0.2) is 36.7 Å². The Labute approximate surface area is 112 Å². The van der Waals surface area contributed by atoms with E-state index in [1.54, 1.807) is 13.1 Å². The Kier molecular flexibility index (Phi) is 3.92. The van der Waals surface area contributed by atoms with Gasteiger partial charge in [-0.3, -0.25) is 0 Å². The number of ether oxygens (including phenoxy) is 2. The zero-order valence-corrected chi connectivity index (χ0v) is 10.3. The summed E-state index contributed by atoms with van der Waals surface area (Å²) in [6, 6.07) is 6.57. The molecule has 0 amide bonds. The van der Waals surface area contributed by atoms with Crippen LogP contribution in [0.1, 0.15) is 0 Å². The molecule has 1 aromatic heterocycles. The quantitative estimate of drug-likeness (QED) is 0.934. The number of nitrogens with zero attached hydrogens (tertiary/aromatic N) is 2. The van der Waals surface area contributed by atoms with Crippen LogP contribution < -0.4 is 14.8 Å². The van der Waals surface area contributed by atoms with Gasteiger partial charge in [0, 0.05) is 13.1 Å². The van der Waals surface area contributed by atoms with Gasteiger partial charge in [0.25, 0.3) is 0 Å². The van der Waals surface area contributed by atoms with Crippen LogP contribution in [0, 0.1) is 0 Å². The largest absolute Gasteiger partial charge is 0.573 e. The van der Waals surface area contributed by atoms with Gasteiger partial charge in [-0.15, -0.1) is 13.2 Å². The van der Waals surface area contributed by atoms with Crippen molar-refractivity contribution in [3.8, 4) is 17.4 Å². The zero-order valence-electron chi connectivity index (χ0n) is 10.3. The maximum Gasteiger partial charge on any atom is 0.573 e. The molecule has 0 saturated carbocycles. The van der Waals surface area contributed by atoms with Crippen LogP contribution in [-0.2, 0) is 0 Å². The first kappa shape index (κ1) is 13.9. The highest BCUT2D eigenvalue weighted by atomic mass is 19.4. The lowest BCUT2D eigenvalue weighted by Crippen LogP contribution is -2.16. The first-order valence-corrected chi connectivity index (χ1v) is 5.50. The van der Waals surface area contributed by atoms with E-state index in [0.29, 0.717) is 11.6 Å². The molecule has 0 radical (unpaired) electrons. The third-order valence-electron chi connectivity index (χ3n) is 2.18. The fourth-order valence-electron chi connectivity index (χ4n) is 1.36. The molecule has 0 aliphatic heterocycles. The molecule has 2 aromatic rings. The van der Waals surface area contributed by atoms with E-state index in [1.165, 1.54) is 18.5 Å². The van der Waals surface area contributed by atoms with E-state index in [1.807, 2.05) is 0 Å². The maximum atomic E-state index is 12.0. The molecule has 0 spiro atoms. The fourth-order valence-corrected chi connectivity index (χ4v) is 1.36. The Bertz CT molecular complexity index is 573. The van der Waals surface area contributed by atoms with Crippen molar-refractivity contribution < 1.29 is 22.6 Å². The number of hydrogen-bond donors (Lipinski definition) is 1. The summed E-state index contributed by atoms with van der Waals surface area (Å²) in [6.07, 6.45) is -3.40. The average molecular weight is 285 g/mol. The van der Waals surface area contributed by atoms with E-state index in [-0.39, 0.29) is 11.6 Å². The van der Waals surface area contributed by atoms with Crippen LogP contribution in [0.2, 0.25) is 0 Å². The standard InChI is InChI=1S/C12H10F3N3O2/c1-16-10-6-11(18-7-17-10)19-8-2-4-9(5-3-8)20-12(13,14)15/h2-7H,1H3,(H,16,17,18). The number of alkyl halides is 3. The number of anilines is 1. The van der Waals surface area contributed by atoms with Gasteiger partial charge in [0.05, 0.1) is 0 Å². The van der Waals surface area contributed by atoms with Gasteiger partial charge >= 0.3 is 6.36 Å². The normalized spacial score (nSPS) is 11.0. The predicted molar refractivity (Wildman–Crippen MR) is 64.8 cm³/mol. The fraction of sp³-hybridized carbons (Fsp3) is 0.167. The van der Waals surface area contributed by atoms with Crippen molar-refractivity contribution in [1.29, 1.82) is 0 Å². The highest BCUT2D eigenvalue weighted by Crippen LogP contribution is 2.26. The van der Waals surface area contributed by atoms with Crippen LogP contribution in [0.25, 0.3) is 0 Å². The molecule has 20 heavy (non-hydrogen) atoms. The number of nitrogens with one attached hydrogen (secondary N) is 1. The van der Waals surface area contributed by atoms with Crippen molar-refractivity contribution in [2.45, 2.75) is 6.36 Å². The Morgan fingerprint density at radius 2 is 1.70 bits per heavy atom. The summed E-state index contributed by atoms with van der Waals surface area (Å²) in [4.78, 5) is 7.79. The molecule has 2 rings (SSSR count). The second-order valence-electron chi connectivity index (χ2n) is 3.61. The summed E-state index contributed by atoms with van der Waals surface area (Å²) in [5, 5.41) is 2.81. The number of aromatic nitrogens is 2. The number of rotatable bonds is 4. The molecule has 0 atom stereocenters. The molecule has 1 N–H and O–H groups in total. The molecule has 0 bridgehead atoms. The molecule has 8 heteroatoms. The molecule has 0 aliphatic carbocycles. The van der Waals surface area contributed by atoms with E-state index >= 15 is 0 Å². The van der Waals surface area contributed by atoms with Crippen LogP contribution in [0.4, 0.5) is 19.0 Å². The van der Waals surface area contributed by atoms with Crippen LogP contribution in [0.5, 0.6) is 17.4 Å². The molecule has 1 aromatic carbocycles. The lowest BCUT2D eigenvalue weighted by Gasteiger charge is -2.09. The number of benzene rings is 1. The number of hydrogen-bond acceptors (Lipinski definition) is 5. The van der Waals surface area contributed by atoms with Gasteiger partial charge in [-0.2, -0.15) is 0 Å². The highest BCUT2D eigenvalue weighted by Gasteiger charge is 2.30. The molecule has 106 valence electrons. The summed E-state index contributed by atoms with van der Waals surface area (Å²) >= 11 is 0. The van der Waals surface area contributed by atoms with Crippen molar-refractivity contribution in [3.05, 3.63) is 36.7 Å². The molecule has 0 saturated heterocycles. The van der Waals surface area contributed by atoms with Crippen LogP contribution in [-0.4, -0.2) is 23.4 Å². The summed E-state index contributed by atoms with van der Waals surface area (Å²) in [5.41, 5.74) is 0. The molecule has 0 fully saturated rings. The Morgan fingerprint density at radius 3 is 2.30 bits per heavy atom. The number of halogens is 3. The van der Waals surface area contributed by atoms with Gasteiger partial charge in [-0.1, -0.05) is 0 Å². The maximum absolute atomic E-state index is 12.0. The Balaban J connectivity index is 2.06. The third-order valence-corrected chi connectivity index (χ3v) is 2.18. The summed E-state index contributed by atoms with van der Waals surface area (Å²) < 4.78 is 45.1. The molecular weight excluding hydrogens is 275 g/mol. The molecule has 5 nitrogen and oxygen atoms in total. The molecular formula is C12H10F3N3O2. The van der Waals surface area contributed by atoms with E-state index < -0.39 is 6.36 Å². The minimum Gasteiger partial charge on any atom is -0.439 e. The van der Waals surface area contributed by atoms with E-state index in [0.717, 1.165) is 12.1 Å². The smallest absolute Gasteiger partial charge is 0.439 e. The topological polar surface area (TPSA) is 56.3 Å². The first-order valence-electron chi connectivity index (χ1n) is 5.50. The second kappa shape index (κ2) is 5.64. The average Bonchev–Trinajstić information content (AvgIpc) is 2.40. The molecule has 0 unspecified atom stereocenters. The van der Waals surface area contributed by atoms with E-state index in [2.05, 4.69) is 20.0 Å². The Hall–Kier alpha value is -2.51. The lowest BCUT2D eigenvalue weighted by molar-refractivity contribution is -0.274. The van der Waals surface area contributed by atoms with Crippen molar-refractivity contribution in [2.24, 2.45) is 0 Å². The SMILES string of the molecule is CNc1cc(Oc2ccc(OC(F)(F)F)cc2)ncn1. The monoisotopic (exact) mass is 285 g/mol. The van der Waals surface area contributed by atoms with Crippen LogP contribution >= 0.6 is 0 Å². The van der Waals surface area contributed by atoms with Crippen LogP contribution in [0.3, 0.4) is 0 Å².